The standard InChI is InChI=1S/C24H31NO.ClH/c1-3-5-15-25(16-6-4-2)18-24(26)23-17-19-11-7-8-12-20(19)21-13-9-10-14-22(21)23;/h7-14,17,24,26H,3-6,15-16,18H2,1-2H3;1H. The third kappa shape index (κ3) is 5.22. The number of rotatable bonds is 9. The second kappa shape index (κ2) is 10.7. The second-order valence-electron chi connectivity index (χ2n) is 7.26. The van der Waals surface area contributed by atoms with Gasteiger partial charge in [-0.2, -0.15) is 0 Å². The van der Waals surface area contributed by atoms with Crippen LogP contribution in [0.5, 0.6) is 0 Å². The molecule has 0 aromatic heterocycles. The SMILES string of the molecule is CCCCN(CCCC)CC(O)c1cc2ccccc2c2ccccc12.Cl. The van der Waals surface area contributed by atoms with E-state index in [0.717, 1.165) is 18.7 Å². The lowest BCUT2D eigenvalue weighted by atomic mass is 9.94. The lowest BCUT2D eigenvalue weighted by molar-refractivity contribution is 0.112. The van der Waals surface area contributed by atoms with Gasteiger partial charge in [0, 0.05) is 6.54 Å². The second-order valence-corrected chi connectivity index (χ2v) is 7.26. The van der Waals surface area contributed by atoms with Crippen molar-refractivity contribution >= 4 is 34.0 Å². The molecule has 0 heterocycles. The molecule has 3 aromatic rings. The van der Waals surface area contributed by atoms with Crippen molar-refractivity contribution in [2.75, 3.05) is 19.6 Å². The number of hydrogen-bond acceptors (Lipinski definition) is 2. The fraction of sp³-hybridized carbons (Fsp3) is 0.417. The number of halogens is 1. The van der Waals surface area contributed by atoms with E-state index in [1.54, 1.807) is 0 Å². The van der Waals surface area contributed by atoms with Gasteiger partial charge in [-0.3, -0.25) is 0 Å². The Bertz CT molecular complexity index is 840. The van der Waals surface area contributed by atoms with Crippen molar-refractivity contribution in [2.45, 2.75) is 45.6 Å². The summed E-state index contributed by atoms with van der Waals surface area (Å²) in [6, 6.07) is 19.1. The number of aliphatic hydroxyl groups is 1. The Morgan fingerprint density at radius 3 is 2.00 bits per heavy atom. The Hall–Kier alpha value is -1.61. The summed E-state index contributed by atoms with van der Waals surface area (Å²) in [6.45, 7) is 7.30. The zero-order valence-corrected chi connectivity index (χ0v) is 17.3. The van der Waals surface area contributed by atoms with Crippen LogP contribution in [-0.2, 0) is 0 Å². The van der Waals surface area contributed by atoms with Crippen LogP contribution in [0.1, 0.15) is 51.2 Å². The first kappa shape index (κ1) is 21.7. The third-order valence-corrected chi connectivity index (χ3v) is 5.25. The van der Waals surface area contributed by atoms with E-state index in [2.05, 4.69) is 73.3 Å². The molecule has 1 unspecified atom stereocenters. The molecule has 1 N–H and O–H groups in total. The molecule has 0 amide bonds. The molecule has 0 fully saturated rings. The van der Waals surface area contributed by atoms with Gasteiger partial charge in [-0.1, -0.05) is 75.2 Å². The van der Waals surface area contributed by atoms with E-state index in [4.69, 9.17) is 0 Å². The van der Waals surface area contributed by atoms with Crippen LogP contribution in [0.25, 0.3) is 21.5 Å². The molecule has 0 saturated heterocycles. The first-order valence-electron chi connectivity index (χ1n) is 10.1. The van der Waals surface area contributed by atoms with E-state index in [9.17, 15) is 5.11 Å². The van der Waals surface area contributed by atoms with Gasteiger partial charge in [0.15, 0.2) is 0 Å². The number of aliphatic hydroxyl groups excluding tert-OH is 1. The molecular formula is C24H32ClNO. The Kier molecular flexibility index (Phi) is 8.56. The molecule has 2 nitrogen and oxygen atoms in total. The molecule has 0 aliphatic heterocycles. The molecule has 1 atom stereocenters. The predicted octanol–water partition coefficient (Wildman–Crippen LogP) is 6.35. The summed E-state index contributed by atoms with van der Waals surface area (Å²) < 4.78 is 0. The zero-order chi connectivity index (χ0) is 18.4. The maximum absolute atomic E-state index is 11.1. The van der Waals surface area contributed by atoms with Crippen LogP contribution in [0.15, 0.2) is 54.6 Å². The fourth-order valence-corrected chi connectivity index (χ4v) is 3.76. The highest BCUT2D eigenvalue weighted by molar-refractivity contribution is 6.09. The van der Waals surface area contributed by atoms with Crippen LogP contribution < -0.4 is 0 Å². The summed E-state index contributed by atoms with van der Waals surface area (Å²) >= 11 is 0. The quantitative estimate of drug-likeness (QED) is 0.434. The molecule has 3 rings (SSSR count). The maximum Gasteiger partial charge on any atom is 0.0923 e. The largest absolute Gasteiger partial charge is 0.387 e. The Labute approximate surface area is 169 Å². The number of hydrogen-bond donors (Lipinski definition) is 1. The van der Waals surface area contributed by atoms with Crippen molar-refractivity contribution in [1.29, 1.82) is 0 Å². The first-order chi connectivity index (χ1) is 12.7. The van der Waals surface area contributed by atoms with Crippen LogP contribution in [-0.4, -0.2) is 29.6 Å². The molecule has 0 spiro atoms. The topological polar surface area (TPSA) is 23.5 Å². The lowest BCUT2D eigenvalue weighted by Crippen LogP contribution is -2.30. The summed E-state index contributed by atoms with van der Waals surface area (Å²) in [6.07, 6.45) is 4.30. The summed E-state index contributed by atoms with van der Waals surface area (Å²) in [5, 5.41) is 16.0. The van der Waals surface area contributed by atoms with Crippen molar-refractivity contribution in [2.24, 2.45) is 0 Å². The minimum absolute atomic E-state index is 0. The number of unbranched alkanes of at least 4 members (excludes halogenated alkanes) is 2. The van der Waals surface area contributed by atoms with Crippen LogP contribution in [0.4, 0.5) is 0 Å². The Balaban J connectivity index is 0.00000261. The van der Waals surface area contributed by atoms with Gasteiger partial charge in [-0.15, -0.1) is 12.4 Å². The van der Waals surface area contributed by atoms with Crippen molar-refractivity contribution in [1.82, 2.24) is 4.90 Å². The highest BCUT2D eigenvalue weighted by Gasteiger charge is 2.17. The molecule has 146 valence electrons. The van der Waals surface area contributed by atoms with Gasteiger partial charge < -0.3 is 10.0 Å². The normalized spacial score (nSPS) is 12.4. The molecule has 0 radical (unpaired) electrons. The summed E-state index contributed by atoms with van der Waals surface area (Å²) in [4.78, 5) is 2.43. The number of fused-ring (bicyclic) bond motifs is 3. The smallest absolute Gasteiger partial charge is 0.0923 e. The van der Waals surface area contributed by atoms with E-state index in [1.165, 1.54) is 47.2 Å². The lowest BCUT2D eigenvalue weighted by Gasteiger charge is -2.26. The number of benzene rings is 3. The van der Waals surface area contributed by atoms with Gasteiger partial charge in [-0.05, 0) is 59.1 Å². The molecule has 0 aliphatic rings. The first-order valence-corrected chi connectivity index (χ1v) is 10.1. The summed E-state index contributed by atoms with van der Waals surface area (Å²) in [5.41, 5.74) is 1.05. The average Bonchev–Trinajstić information content (AvgIpc) is 2.69. The van der Waals surface area contributed by atoms with Gasteiger partial charge in [0.25, 0.3) is 0 Å². The Morgan fingerprint density at radius 2 is 1.37 bits per heavy atom. The third-order valence-electron chi connectivity index (χ3n) is 5.25. The van der Waals surface area contributed by atoms with Crippen LogP contribution >= 0.6 is 12.4 Å². The van der Waals surface area contributed by atoms with E-state index in [-0.39, 0.29) is 12.4 Å². The van der Waals surface area contributed by atoms with Crippen LogP contribution in [0, 0.1) is 0 Å². The zero-order valence-electron chi connectivity index (χ0n) is 16.5. The molecule has 3 aromatic carbocycles. The van der Waals surface area contributed by atoms with Gasteiger partial charge in [0.05, 0.1) is 6.10 Å². The summed E-state index contributed by atoms with van der Waals surface area (Å²) in [5.74, 6) is 0. The van der Waals surface area contributed by atoms with Crippen LogP contribution in [0.3, 0.4) is 0 Å². The monoisotopic (exact) mass is 385 g/mol. The molecule has 0 aliphatic carbocycles. The highest BCUT2D eigenvalue weighted by atomic mass is 35.5. The molecular weight excluding hydrogens is 354 g/mol. The molecule has 3 heteroatoms. The fourth-order valence-electron chi connectivity index (χ4n) is 3.76. The minimum atomic E-state index is -0.460. The van der Waals surface area contributed by atoms with Crippen molar-refractivity contribution in [3.8, 4) is 0 Å². The van der Waals surface area contributed by atoms with E-state index >= 15 is 0 Å². The average molecular weight is 386 g/mol. The van der Waals surface area contributed by atoms with Gasteiger partial charge in [0.1, 0.15) is 0 Å². The van der Waals surface area contributed by atoms with Crippen molar-refractivity contribution in [3.63, 3.8) is 0 Å². The molecule has 0 saturated carbocycles. The molecule has 0 bridgehead atoms. The minimum Gasteiger partial charge on any atom is -0.387 e. The van der Waals surface area contributed by atoms with Crippen molar-refractivity contribution in [3.05, 3.63) is 60.2 Å². The highest BCUT2D eigenvalue weighted by Crippen LogP contribution is 2.32. The van der Waals surface area contributed by atoms with Gasteiger partial charge in [0.2, 0.25) is 0 Å². The number of nitrogens with zero attached hydrogens (tertiary/aromatic N) is 1. The van der Waals surface area contributed by atoms with Gasteiger partial charge in [-0.25, -0.2) is 0 Å². The van der Waals surface area contributed by atoms with E-state index in [0.29, 0.717) is 6.54 Å². The molecule has 27 heavy (non-hydrogen) atoms. The predicted molar refractivity (Wildman–Crippen MR) is 120 cm³/mol. The summed E-state index contributed by atoms with van der Waals surface area (Å²) in [7, 11) is 0. The maximum atomic E-state index is 11.1. The van der Waals surface area contributed by atoms with Gasteiger partial charge >= 0.3 is 0 Å². The Morgan fingerprint density at radius 1 is 0.815 bits per heavy atom. The van der Waals surface area contributed by atoms with E-state index in [1.807, 2.05) is 0 Å². The van der Waals surface area contributed by atoms with Crippen molar-refractivity contribution < 1.29 is 5.11 Å². The van der Waals surface area contributed by atoms with E-state index < -0.39 is 6.10 Å². The van der Waals surface area contributed by atoms with Crippen LogP contribution in [0.2, 0.25) is 0 Å².